The Labute approximate surface area is 179 Å². The number of nitrogens with zero attached hydrogens (tertiary/aromatic N) is 4. The highest BCUT2D eigenvalue weighted by Crippen LogP contribution is 2.32. The van der Waals surface area contributed by atoms with Crippen LogP contribution in [-0.2, 0) is 9.53 Å². The van der Waals surface area contributed by atoms with Crippen LogP contribution in [0.5, 0.6) is 0 Å². The molecule has 4 rings (SSSR count). The maximum absolute atomic E-state index is 12.4. The van der Waals surface area contributed by atoms with Gasteiger partial charge in [-0.1, -0.05) is 41.1 Å². The van der Waals surface area contributed by atoms with Gasteiger partial charge in [0, 0.05) is 18.5 Å². The van der Waals surface area contributed by atoms with Crippen LogP contribution in [0.3, 0.4) is 0 Å². The van der Waals surface area contributed by atoms with Crippen molar-refractivity contribution in [3.8, 4) is 0 Å². The molecule has 2 aromatic heterocycles. The second-order valence-electron chi connectivity index (χ2n) is 6.94. The number of anilines is 1. The number of ether oxygens (including phenoxy) is 1. The molecule has 2 aromatic rings. The molecule has 11 heteroatoms. The topological polar surface area (TPSA) is 81.3 Å². The summed E-state index contributed by atoms with van der Waals surface area (Å²) in [4.78, 5) is 22.4. The van der Waals surface area contributed by atoms with Crippen molar-refractivity contribution in [1.29, 1.82) is 0 Å². The number of amides is 1. The first kappa shape index (κ1) is 21.3. The predicted molar refractivity (Wildman–Crippen MR) is 105 cm³/mol. The highest BCUT2D eigenvalue weighted by molar-refractivity contribution is 6.29. The number of rotatable bonds is 5. The molecule has 2 aliphatic rings. The molecule has 31 heavy (non-hydrogen) atoms. The number of halogens is 4. The number of hydrogen-bond acceptors (Lipinski definition) is 6. The van der Waals surface area contributed by atoms with Gasteiger partial charge in [0.05, 0.1) is 24.4 Å². The SMILES string of the molecule is O=C1CC(c2nc(C3=CCC=C(COC(F)(F)F)C=C3)no2)CN1c1ccc(Cl)nc1. The minimum Gasteiger partial charge on any atom is -0.339 e. The quantitative estimate of drug-likeness (QED) is 0.624. The molecule has 0 radical (unpaired) electrons. The van der Waals surface area contributed by atoms with Crippen LogP contribution < -0.4 is 4.90 Å². The van der Waals surface area contributed by atoms with Crippen molar-refractivity contribution in [1.82, 2.24) is 15.1 Å². The van der Waals surface area contributed by atoms with Crippen LogP contribution in [-0.4, -0.2) is 40.5 Å². The van der Waals surface area contributed by atoms with Crippen LogP contribution in [0.4, 0.5) is 18.9 Å². The Morgan fingerprint density at radius 3 is 2.84 bits per heavy atom. The Hall–Kier alpha value is -2.98. The molecule has 0 bridgehead atoms. The van der Waals surface area contributed by atoms with Gasteiger partial charge in [-0.25, -0.2) is 4.98 Å². The summed E-state index contributed by atoms with van der Waals surface area (Å²) in [6.07, 6.45) is 3.97. The van der Waals surface area contributed by atoms with Gasteiger partial charge < -0.3 is 9.42 Å². The van der Waals surface area contributed by atoms with Crippen molar-refractivity contribution in [3.05, 3.63) is 65.1 Å². The number of hydrogen-bond donors (Lipinski definition) is 0. The van der Waals surface area contributed by atoms with E-state index in [1.165, 1.54) is 12.3 Å². The Kier molecular flexibility index (Phi) is 5.92. The van der Waals surface area contributed by atoms with Crippen LogP contribution in [0.15, 0.2) is 52.7 Å². The molecule has 0 aromatic carbocycles. The van der Waals surface area contributed by atoms with Crippen LogP contribution in [0, 0.1) is 0 Å². The predicted octanol–water partition coefficient (Wildman–Crippen LogP) is 4.44. The molecule has 3 heterocycles. The molecule has 7 nitrogen and oxygen atoms in total. The van der Waals surface area contributed by atoms with Gasteiger partial charge in [0.2, 0.25) is 17.6 Å². The minimum absolute atomic E-state index is 0.0963. The van der Waals surface area contributed by atoms with Gasteiger partial charge in [-0.05, 0) is 24.1 Å². The number of carbonyl (C=O) groups excluding carboxylic acids is 1. The van der Waals surface area contributed by atoms with Crippen LogP contribution in [0.2, 0.25) is 5.15 Å². The van der Waals surface area contributed by atoms with E-state index in [4.69, 9.17) is 16.1 Å². The summed E-state index contributed by atoms with van der Waals surface area (Å²) in [6, 6.07) is 3.32. The lowest BCUT2D eigenvalue weighted by molar-refractivity contribution is -0.320. The fraction of sp³-hybridized carbons (Fsp3) is 0.300. The van der Waals surface area contributed by atoms with Crippen LogP contribution in [0.25, 0.3) is 5.57 Å². The molecule has 1 saturated heterocycles. The van der Waals surface area contributed by atoms with E-state index in [1.807, 2.05) is 0 Å². The van der Waals surface area contributed by atoms with Gasteiger partial charge in [-0.2, -0.15) is 4.98 Å². The molecule has 1 fully saturated rings. The van der Waals surface area contributed by atoms with E-state index in [2.05, 4.69) is 19.9 Å². The normalized spacial score (nSPS) is 19.4. The molecule has 0 spiro atoms. The first-order valence-electron chi connectivity index (χ1n) is 9.32. The maximum atomic E-state index is 12.4. The Morgan fingerprint density at radius 2 is 2.10 bits per heavy atom. The molecule has 1 aliphatic carbocycles. The summed E-state index contributed by atoms with van der Waals surface area (Å²) >= 11 is 5.79. The molecule has 1 unspecified atom stereocenters. The number of alkyl halides is 3. The lowest BCUT2D eigenvalue weighted by atomic mass is 10.1. The van der Waals surface area contributed by atoms with Crippen molar-refractivity contribution >= 4 is 28.8 Å². The van der Waals surface area contributed by atoms with Crippen LogP contribution >= 0.6 is 11.6 Å². The summed E-state index contributed by atoms with van der Waals surface area (Å²) in [7, 11) is 0. The van der Waals surface area contributed by atoms with E-state index in [1.54, 1.807) is 35.3 Å². The second-order valence-corrected chi connectivity index (χ2v) is 7.33. The van der Waals surface area contributed by atoms with Gasteiger partial charge in [0.1, 0.15) is 5.15 Å². The second kappa shape index (κ2) is 8.64. The summed E-state index contributed by atoms with van der Waals surface area (Å²) in [6.45, 7) is -0.211. The molecular formula is C20H16ClF3N4O3. The number of allylic oxidation sites excluding steroid dienone is 4. The third-order valence-electron chi connectivity index (χ3n) is 4.79. The largest absolute Gasteiger partial charge is 0.522 e. The van der Waals surface area contributed by atoms with E-state index < -0.39 is 13.0 Å². The minimum atomic E-state index is -4.69. The molecule has 0 saturated carbocycles. The summed E-state index contributed by atoms with van der Waals surface area (Å²) in [5.41, 5.74) is 1.63. The molecule has 1 amide bonds. The smallest absolute Gasteiger partial charge is 0.339 e. The van der Waals surface area contributed by atoms with Gasteiger partial charge in [-0.15, -0.1) is 13.2 Å². The first-order chi connectivity index (χ1) is 14.8. The highest BCUT2D eigenvalue weighted by Gasteiger charge is 2.35. The Balaban J connectivity index is 1.42. The maximum Gasteiger partial charge on any atom is 0.522 e. The van der Waals surface area contributed by atoms with Crippen molar-refractivity contribution in [2.24, 2.45) is 0 Å². The fourth-order valence-corrected chi connectivity index (χ4v) is 3.39. The van der Waals surface area contributed by atoms with Gasteiger partial charge in [-0.3, -0.25) is 9.53 Å². The van der Waals surface area contributed by atoms with E-state index in [0.29, 0.717) is 46.7 Å². The average molecular weight is 453 g/mol. The summed E-state index contributed by atoms with van der Waals surface area (Å²) in [5, 5.41) is 4.31. The van der Waals surface area contributed by atoms with Crippen LogP contribution in [0.1, 0.15) is 30.5 Å². The molecule has 0 N–H and O–H groups in total. The molecule has 162 valence electrons. The fourth-order valence-electron chi connectivity index (χ4n) is 3.28. The van der Waals surface area contributed by atoms with Crippen molar-refractivity contribution < 1.29 is 27.2 Å². The van der Waals surface area contributed by atoms with E-state index in [0.717, 1.165) is 0 Å². The third-order valence-corrected chi connectivity index (χ3v) is 5.02. The third kappa shape index (κ3) is 5.20. The Morgan fingerprint density at radius 1 is 1.26 bits per heavy atom. The zero-order chi connectivity index (χ0) is 22.0. The van der Waals surface area contributed by atoms with Gasteiger partial charge in [0.25, 0.3) is 0 Å². The highest BCUT2D eigenvalue weighted by atomic mass is 35.5. The lowest BCUT2D eigenvalue weighted by Crippen LogP contribution is -2.24. The lowest BCUT2D eigenvalue weighted by Gasteiger charge is -2.15. The zero-order valence-electron chi connectivity index (χ0n) is 16.0. The summed E-state index contributed by atoms with van der Waals surface area (Å²) in [5.74, 6) is 0.242. The molecular weight excluding hydrogens is 437 g/mol. The van der Waals surface area contributed by atoms with Crippen molar-refractivity contribution in [2.75, 3.05) is 18.1 Å². The Bertz CT molecular complexity index is 1060. The monoisotopic (exact) mass is 452 g/mol. The average Bonchev–Trinajstić information content (AvgIpc) is 3.28. The van der Waals surface area contributed by atoms with Crippen molar-refractivity contribution in [2.45, 2.75) is 25.1 Å². The van der Waals surface area contributed by atoms with E-state index in [9.17, 15) is 18.0 Å². The first-order valence-corrected chi connectivity index (χ1v) is 9.70. The number of aromatic nitrogens is 3. The molecule has 1 aliphatic heterocycles. The zero-order valence-corrected chi connectivity index (χ0v) is 16.7. The number of pyridine rings is 1. The standard InChI is InChI=1S/C20H16ClF3N4O3/c21-16-7-6-15(9-25-16)28-10-14(8-17(28)29)19-26-18(27-31-19)13-3-1-2-12(4-5-13)11-30-20(22,23)24/h2-7,9,14H,1,8,10-11H2. The van der Waals surface area contributed by atoms with E-state index >= 15 is 0 Å². The van der Waals surface area contributed by atoms with E-state index in [-0.39, 0.29) is 18.2 Å². The molecule has 1 atom stereocenters. The van der Waals surface area contributed by atoms with Gasteiger partial charge in [0.15, 0.2) is 0 Å². The number of carbonyl (C=O) groups is 1. The van der Waals surface area contributed by atoms with Crippen molar-refractivity contribution in [3.63, 3.8) is 0 Å². The summed E-state index contributed by atoms with van der Waals surface area (Å²) < 4.78 is 45.9. The van der Waals surface area contributed by atoms with Gasteiger partial charge >= 0.3 is 6.36 Å².